The lowest BCUT2D eigenvalue weighted by molar-refractivity contribution is -0.440. The van der Waals surface area contributed by atoms with E-state index in [4.69, 9.17) is 4.55 Å². The first-order valence-electron chi connectivity index (χ1n) is 9.10. The molecule has 0 fully saturated rings. The zero-order chi connectivity index (χ0) is 22.4. The Morgan fingerprint density at radius 2 is 1.73 bits per heavy atom. The third-order valence-electron chi connectivity index (χ3n) is 4.32. The first kappa shape index (κ1) is 23.7. The van der Waals surface area contributed by atoms with Crippen molar-refractivity contribution < 1.29 is 30.5 Å². The van der Waals surface area contributed by atoms with Crippen LogP contribution in [0.1, 0.15) is 18.9 Å². The van der Waals surface area contributed by atoms with Crippen LogP contribution < -0.4 is 5.32 Å². The van der Waals surface area contributed by atoms with Crippen molar-refractivity contribution in [2.45, 2.75) is 25.2 Å². The van der Waals surface area contributed by atoms with Crippen LogP contribution in [-0.2, 0) is 20.2 Å². The van der Waals surface area contributed by atoms with Gasteiger partial charge in [0.05, 0.1) is 10.6 Å². The standard InChI is InChI=1S/C20H24N2O6S2/c1-16-15-19(30(26,27)28)9-10-20(16)22(13-6-14-29(23,24)25)17(2)11-12-21-18-7-4-3-5-8-18/h3-5,7-12,15H,6,13-14H2,1-2H3,(H2,23,24,25,26,27,28)/p+1. The minimum absolute atomic E-state index is 0.162. The van der Waals surface area contributed by atoms with E-state index < -0.39 is 26.0 Å². The van der Waals surface area contributed by atoms with Crippen LogP contribution in [0.15, 0.2) is 65.7 Å². The highest BCUT2D eigenvalue weighted by molar-refractivity contribution is 7.86. The quantitative estimate of drug-likeness (QED) is 0.302. The van der Waals surface area contributed by atoms with Crippen LogP contribution in [0.3, 0.4) is 0 Å². The Bertz CT molecular complexity index is 1160. The molecule has 0 aliphatic heterocycles. The van der Waals surface area contributed by atoms with Crippen molar-refractivity contribution in [3.63, 3.8) is 0 Å². The summed E-state index contributed by atoms with van der Waals surface area (Å²) in [6.45, 7) is 3.79. The monoisotopic (exact) mass is 453 g/mol. The molecule has 30 heavy (non-hydrogen) atoms. The van der Waals surface area contributed by atoms with E-state index in [0.29, 0.717) is 11.3 Å². The molecule has 3 N–H and O–H groups in total. The molecule has 0 aliphatic rings. The Labute approximate surface area is 177 Å². The van der Waals surface area contributed by atoms with Crippen molar-refractivity contribution in [1.29, 1.82) is 0 Å². The van der Waals surface area contributed by atoms with Crippen LogP contribution in [0.25, 0.3) is 0 Å². The second kappa shape index (κ2) is 9.98. The molecule has 0 unspecified atom stereocenters. The van der Waals surface area contributed by atoms with E-state index in [0.717, 1.165) is 11.4 Å². The summed E-state index contributed by atoms with van der Waals surface area (Å²) < 4.78 is 65.0. The molecule has 0 saturated heterocycles. The number of nitrogens with zero attached hydrogens (tertiary/aromatic N) is 1. The summed E-state index contributed by atoms with van der Waals surface area (Å²) >= 11 is 0. The number of para-hydroxylation sites is 1. The van der Waals surface area contributed by atoms with Crippen LogP contribution in [0.5, 0.6) is 0 Å². The zero-order valence-corrected chi connectivity index (χ0v) is 18.3. The Hall–Kier alpha value is -2.53. The van der Waals surface area contributed by atoms with Gasteiger partial charge in [0.25, 0.3) is 20.2 Å². The number of aryl methyl sites for hydroxylation is 1. The van der Waals surface area contributed by atoms with Crippen LogP contribution in [0, 0.1) is 6.92 Å². The highest BCUT2D eigenvalue weighted by Crippen LogP contribution is 2.23. The van der Waals surface area contributed by atoms with Gasteiger partial charge in [-0.1, -0.05) is 18.2 Å². The normalized spacial score (nSPS) is 13.3. The SMILES string of the molecule is CC(/C=C/Nc1ccccc1)=[N+](/CCCS(=O)(=O)O)c1ccc(S(=O)(=O)O)cc1C. The van der Waals surface area contributed by atoms with Gasteiger partial charge >= 0.3 is 0 Å². The van der Waals surface area contributed by atoms with E-state index in [1.54, 1.807) is 25.3 Å². The van der Waals surface area contributed by atoms with E-state index in [9.17, 15) is 21.4 Å². The predicted octanol–water partition coefficient (Wildman–Crippen LogP) is 3.25. The van der Waals surface area contributed by atoms with Crippen LogP contribution in [0.4, 0.5) is 11.4 Å². The molecule has 0 spiro atoms. The summed E-state index contributed by atoms with van der Waals surface area (Å²) in [7, 11) is -8.43. The predicted molar refractivity (Wildman–Crippen MR) is 117 cm³/mol. The fraction of sp³-hybridized carbons (Fsp3) is 0.250. The van der Waals surface area contributed by atoms with Crippen molar-refractivity contribution in [2.75, 3.05) is 17.6 Å². The first-order chi connectivity index (χ1) is 14.0. The van der Waals surface area contributed by atoms with Gasteiger partial charge in [0.2, 0.25) is 5.69 Å². The van der Waals surface area contributed by atoms with Crippen LogP contribution in [0.2, 0.25) is 0 Å². The average molecular weight is 454 g/mol. The summed E-state index contributed by atoms with van der Waals surface area (Å²) in [6.07, 6.45) is 3.70. The van der Waals surface area contributed by atoms with Crippen molar-refractivity contribution in [2.24, 2.45) is 0 Å². The number of benzene rings is 2. The molecule has 2 rings (SSSR count). The Morgan fingerprint density at radius 1 is 1.07 bits per heavy atom. The summed E-state index contributed by atoms with van der Waals surface area (Å²) in [6, 6.07) is 13.7. The van der Waals surface area contributed by atoms with E-state index in [1.165, 1.54) is 12.1 Å². The molecule has 0 heterocycles. The van der Waals surface area contributed by atoms with E-state index in [1.807, 2.05) is 41.8 Å². The van der Waals surface area contributed by atoms with E-state index in [-0.39, 0.29) is 17.9 Å². The summed E-state index contributed by atoms with van der Waals surface area (Å²) in [5.74, 6) is -0.398. The highest BCUT2D eigenvalue weighted by atomic mass is 32.2. The molecular weight excluding hydrogens is 428 g/mol. The van der Waals surface area contributed by atoms with Gasteiger partial charge in [-0.15, -0.1) is 0 Å². The minimum Gasteiger partial charge on any atom is -0.361 e. The summed E-state index contributed by atoms with van der Waals surface area (Å²) in [5.41, 5.74) is 2.89. The molecule has 0 bridgehead atoms. The van der Waals surface area contributed by atoms with Gasteiger partial charge in [0.15, 0.2) is 5.71 Å². The van der Waals surface area contributed by atoms with Crippen LogP contribution >= 0.6 is 0 Å². The molecule has 0 aromatic heterocycles. The van der Waals surface area contributed by atoms with Gasteiger partial charge in [0.1, 0.15) is 6.54 Å². The molecule has 0 saturated carbocycles. The maximum absolute atomic E-state index is 11.4. The lowest BCUT2D eigenvalue weighted by atomic mass is 10.1. The molecule has 0 atom stereocenters. The molecule has 10 heteroatoms. The number of nitrogens with one attached hydrogen (secondary N) is 1. The minimum atomic E-state index is -4.33. The largest absolute Gasteiger partial charge is 0.361 e. The van der Waals surface area contributed by atoms with Gasteiger partial charge in [-0.2, -0.15) is 21.4 Å². The van der Waals surface area contributed by atoms with Crippen molar-refractivity contribution in [3.8, 4) is 0 Å². The Kier molecular flexibility index (Phi) is 7.90. The van der Waals surface area contributed by atoms with Gasteiger partial charge in [0, 0.05) is 42.9 Å². The molecule has 0 amide bonds. The molecule has 162 valence electrons. The Balaban J connectivity index is 2.37. The molecule has 8 nitrogen and oxygen atoms in total. The van der Waals surface area contributed by atoms with Crippen molar-refractivity contribution >= 4 is 37.3 Å². The highest BCUT2D eigenvalue weighted by Gasteiger charge is 2.20. The van der Waals surface area contributed by atoms with Crippen LogP contribution in [-0.4, -0.2) is 48.5 Å². The third kappa shape index (κ3) is 7.38. The van der Waals surface area contributed by atoms with Gasteiger partial charge in [-0.3, -0.25) is 9.11 Å². The second-order valence-corrected chi connectivity index (χ2v) is 9.69. The van der Waals surface area contributed by atoms with Crippen molar-refractivity contribution in [1.82, 2.24) is 0 Å². The average Bonchev–Trinajstić information content (AvgIpc) is 2.65. The molecule has 2 aromatic carbocycles. The third-order valence-corrected chi connectivity index (χ3v) is 5.97. The number of rotatable bonds is 9. The van der Waals surface area contributed by atoms with Gasteiger partial charge < -0.3 is 5.32 Å². The fourth-order valence-corrected chi connectivity index (χ4v) is 3.93. The second-order valence-electron chi connectivity index (χ2n) is 6.70. The number of allylic oxidation sites excluding steroid dienone is 1. The van der Waals surface area contributed by atoms with Gasteiger partial charge in [-0.05, 0) is 31.2 Å². The molecule has 0 radical (unpaired) electrons. The van der Waals surface area contributed by atoms with E-state index >= 15 is 0 Å². The topological polar surface area (TPSA) is 124 Å². The Morgan fingerprint density at radius 3 is 2.30 bits per heavy atom. The van der Waals surface area contributed by atoms with Gasteiger partial charge in [-0.25, -0.2) is 0 Å². The fourth-order valence-electron chi connectivity index (χ4n) is 2.87. The maximum atomic E-state index is 11.4. The van der Waals surface area contributed by atoms with Crippen molar-refractivity contribution in [3.05, 3.63) is 66.4 Å². The zero-order valence-electron chi connectivity index (χ0n) is 16.7. The lowest BCUT2D eigenvalue weighted by Crippen LogP contribution is -2.18. The summed E-state index contributed by atoms with van der Waals surface area (Å²) in [4.78, 5) is -0.222. The molecule has 2 aromatic rings. The van der Waals surface area contributed by atoms with E-state index in [2.05, 4.69) is 5.32 Å². The summed E-state index contributed by atoms with van der Waals surface area (Å²) in [5, 5.41) is 3.13. The number of hydrogen-bond donors (Lipinski definition) is 3. The maximum Gasteiger partial charge on any atom is 0.294 e. The molecular formula is C20H25N2O6S2+. The lowest BCUT2D eigenvalue weighted by Gasteiger charge is -2.09. The number of hydrogen-bond acceptors (Lipinski definition) is 5. The number of anilines is 1. The smallest absolute Gasteiger partial charge is 0.294 e. The first-order valence-corrected chi connectivity index (χ1v) is 12.1. The molecule has 0 aliphatic carbocycles.